The highest BCUT2D eigenvalue weighted by Crippen LogP contribution is 2.25. The molecule has 0 aliphatic rings. The summed E-state index contributed by atoms with van der Waals surface area (Å²) in [6.45, 7) is 5.38. The number of halogens is 2. The summed E-state index contributed by atoms with van der Waals surface area (Å²) >= 11 is 9.46. The van der Waals surface area contributed by atoms with Crippen LogP contribution in [-0.2, 0) is 0 Å². The van der Waals surface area contributed by atoms with Gasteiger partial charge < -0.3 is 5.32 Å². The van der Waals surface area contributed by atoms with Crippen molar-refractivity contribution >= 4 is 33.2 Å². The molecule has 1 unspecified atom stereocenters. The van der Waals surface area contributed by atoms with E-state index in [0.29, 0.717) is 5.92 Å². The van der Waals surface area contributed by atoms with Gasteiger partial charge in [-0.15, -0.1) is 0 Å². The van der Waals surface area contributed by atoms with Crippen molar-refractivity contribution in [1.82, 2.24) is 0 Å². The Labute approximate surface area is 99.0 Å². The number of benzene rings is 1. The SMILES string of the molecule is CCC(C)CNc1cc(Br)ccc1Cl. The monoisotopic (exact) mass is 275 g/mol. The van der Waals surface area contributed by atoms with Crippen LogP contribution in [0.4, 0.5) is 5.69 Å². The molecule has 1 rings (SSSR count). The summed E-state index contributed by atoms with van der Waals surface area (Å²) < 4.78 is 1.05. The second-order valence-corrected chi connectivity index (χ2v) is 4.84. The van der Waals surface area contributed by atoms with Gasteiger partial charge in [0, 0.05) is 11.0 Å². The predicted molar refractivity (Wildman–Crippen MR) is 67.1 cm³/mol. The van der Waals surface area contributed by atoms with Gasteiger partial charge in [0.05, 0.1) is 10.7 Å². The third kappa shape index (κ3) is 3.50. The van der Waals surface area contributed by atoms with Gasteiger partial charge in [0.2, 0.25) is 0 Å². The van der Waals surface area contributed by atoms with Crippen LogP contribution in [0.1, 0.15) is 20.3 Å². The largest absolute Gasteiger partial charge is 0.384 e. The smallest absolute Gasteiger partial charge is 0.0638 e. The summed E-state index contributed by atoms with van der Waals surface area (Å²) in [6, 6.07) is 5.84. The van der Waals surface area contributed by atoms with Crippen molar-refractivity contribution in [1.29, 1.82) is 0 Å². The second kappa shape index (κ2) is 5.62. The van der Waals surface area contributed by atoms with Crippen molar-refractivity contribution in [2.24, 2.45) is 5.92 Å². The first-order chi connectivity index (χ1) is 6.63. The predicted octanol–water partition coefficient (Wildman–Crippen LogP) is 4.56. The third-order valence-corrected chi connectivity index (χ3v) is 3.09. The van der Waals surface area contributed by atoms with E-state index in [-0.39, 0.29) is 0 Å². The number of hydrogen-bond donors (Lipinski definition) is 1. The van der Waals surface area contributed by atoms with E-state index < -0.39 is 0 Å². The topological polar surface area (TPSA) is 12.0 Å². The summed E-state index contributed by atoms with van der Waals surface area (Å²) in [4.78, 5) is 0. The maximum atomic E-state index is 6.04. The lowest BCUT2D eigenvalue weighted by molar-refractivity contribution is 0.593. The van der Waals surface area contributed by atoms with Crippen LogP contribution in [-0.4, -0.2) is 6.54 Å². The number of hydrogen-bond acceptors (Lipinski definition) is 1. The first kappa shape index (κ1) is 11.9. The average Bonchev–Trinajstić information content (AvgIpc) is 2.19. The van der Waals surface area contributed by atoms with Gasteiger partial charge in [-0.25, -0.2) is 0 Å². The Bertz CT molecular complexity index is 301. The van der Waals surface area contributed by atoms with Crippen LogP contribution in [0, 0.1) is 5.92 Å². The molecule has 0 spiro atoms. The first-order valence-corrected chi connectivity index (χ1v) is 5.99. The summed E-state index contributed by atoms with van der Waals surface area (Å²) in [5.41, 5.74) is 1.00. The molecule has 0 aromatic heterocycles. The molecular formula is C11H15BrClN. The molecular weight excluding hydrogens is 261 g/mol. The quantitative estimate of drug-likeness (QED) is 0.850. The van der Waals surface area contributed by atoms with Crippen LogP contribution in [0.15, 0.2) is 22.7 Å². The standard InChI is InChI=1S/C11H15BrClN/c1-3-8(2)7-14-11-6-9(12)4-5-10(11)13/h4-6,8,14H,3,7H2,1-2H3. The fraction of sp³-hybridized carbons (Fsp3) is 0.455. The molecule has 1 atom stereocenters. The Balaban J connectivity index is 2.62. The van der Waals surface area contributed by atoms with Gasteiger partial charge in [0.15, 0.2) is 0 Å². The average molecular weight is 277 g/mol. The summed E-state index contributed by atoms with van der Waals surface area (Å²) in [5, 5.41) is 4.12. The van der Waals surface area contributed by atoms with Gasteiger partial charge in [-0.05, 0) is 24.1 Å². The van der Waals surface area contributed by atoms with Crippen molar-refractivity contribution in [3.63, 3.8) is 0 Å². The molecule has 1 aromatic rings. The van der Waals surface area contributed by atoms with Gasteiger partial charge in [0.25, 0.3) is 0 Å². The lowest BCUT2D eigenvalue weighted by atomic mass is 10.1. The van der Waals surface area contributed by atoms with E-state index in [9.17, 15) is 0 Å². The molecule has 0 saturated carbocycles. The number of rotatable bonds is 4. The number of anilines is 1. The zero-order chi connectivity index (χ0) is 10.6. The number of nitrogens with one attached hydrogen (secondary N) is 1. The van der Waals surface area contributed by atoms with Gasteiger partial charge in [0.1, 0.15) is 0 Å². The molecule has 0 radical (unpaired) electrons. The van der Waals surface area contributed by atoms with Crippen LogP contribution in [0.25, 0.3) is 0 Å². The minimum atomic E-state index is 0.671. The van der Waals surface area contributed by atoms with E-state index in [1.54, 1.807) is 0 Å². The van der Waals surface area contributed by atoms with E-state index in [1.165, 1.54) is 6.42 Å². The van der Waals surface area contributed by atoms with E-state index in [2.05, 4.69) is 35.1 Å². The van der Waals surface area contributed by atoms with Crippen molar-refractivity contribution in [2.45, 2.75) is 20.3 Å². The molecule has 1 N–H and O–H groups in total. The maximum absolute atomic E-state index is 6.04. The van der Waals surface area contributed by atoms with E-state index in [4.69, 9.17) is 11.6 Å². The van der Waals surface area contributed by atoms with E-state index >= 15 is 0 Å². The highest BCUT2D eigenvalue weighted by atomic mass is 79.9. The fourth-order valence-corrected chi connectivity index (χ4v) is 1.61. The normalized spacial score (nSPS) is 12.6. The molecule has 3 heteroatoms. The summed E-state index contributed by atoms with van der Waals surface area (Å²) in [6.07, 6.45) is 1.18. The molecule has 1 nitrogen and oxygen atoms in total. The molecule has 1 aromatic carbocycles. The Morgan fingerprint density at radius 2 is 2.21 bits per heavy atom. The maximum Gasteiger partial charge on any atom is 0.0638 e. The second-order valence-electron chi connectivity index (χ2n) is 3.52. The lowest BCUT2D eigenvalue weighted by Crippen LogP contribution is -2.10. The van der Waals surface area contributed by atoms with Gasteiger partial charge >= 0.3 is 0 Å². The third-order valence-electron chi connectivity index (χ3n) is 2.27. The molecule has 0 aliphatic heterocycles. The first-order valence-electron chi connectivity index (χ1n) is 4.82. The van der Waals surface area contributed by atoms with Gasteiger partial charge in [-0.2, -0.15) is 0 Å². The zero-order valence-corrected chi connectivity index (χ0v) is 10.8. The summed E-state index contributed by atoms with van der Waals surface area (Å²) in [5.74, 6) is 0.671. The Morgan fingerprint density at radius 1 is 1.50 bits per heavy atom. The van der Waals surface area contributed by atoms with Gasteiger partial charge in [-0.3, -0.25) is 0 Å². The highest BCUT2D eigenvalue weighted by molar-refractivity contribution is 9.10. The zero-order valence-electron chi connectivity index (χ0n) is 8.48. The fourth-order valence-electron chi connectivity index (χ4n) is 1.06. The molecule has 14 heavy (non-hydrogen) atoms. The molecule has 0 heterocycles. The van der Waals surface area contributed by atoms with Crippen LogP contribution in [0.5, 0.6) is 0 Å². The van der Waals surface area contributed by atoms with E-state index in [1.807, 2.05) is 18.2 Å². The minimum absolute atomic E-state index is 0.671. The molecule has 0 saturated heterocycles. The van der Waals surface area contributed by atoms with Crippen molar-refractivity contribution in [3.05, 3.63) is 27.7 Å². The van der Waals surface area contributed by atoms with Crippen molar-refractivity contribution < 1.29 is 0 Å². The molecule has 78 valence electrons. The Kier molecular flexibility index (Phi) is 4.76. The van der Waals surface area contributed by atoms with Crippen molar-refractivity contribution in [3.8, 4) is 0 Å². The molecule has 0 bridgehead atoms. The molecule has 0 aliphatic carbocycles. The summed E-state index contributed by atoms with van der Waals surface area (Å²) in [7, 11) is 0. The Morgan fingerprint density at radius 3 is 2.86 bits per heavy atom. The Hall–Kier alpha value is -0.210. The van der Waals surface area contributed by atoms with E-state index in [0.717, 1.165) is 21.7 Å². The lowest BCUT2D eigenvalue weighted by Gasteiger charge is -2.12. The highest BCUT2D eigenvalue weighted by Gasteiger charge is 2.02. The van der Waals surface area contributed by atoms with Crippen molar-refractivity contribution in [2.75, 3.05) is 11.9 Å². The van der Waals surface area contributed by atoms with Crippen LogP contribution < -0.4 is 5.32 Å². The van der Waals surface area contributed by atoms with Crippen LogP contribution >= 0.6 is 27.5 Å². The molecule has 0 fully saturated rings. The van der Waals surface area contributed by atoms with Crippen LogP contribution in [0.3, 0.4) is 0 Å². The van der Waals surface area contributed by atoms with Crippen LogP contribution in [0.2, 0.25) is 5.02 Å². The molecule has 0 amide bonds. The minimum Gasteiger partial charge on any atom is -0.384 e. The van der Waals surface area contributed by atoms with Gasteiger partial charge in [-0.1, -0.05) is 47.8 Å².